The monoisotopic (exact) mass is 234 g/mol. The quantitative estimate of drug-likeness (QED) is 0.560. The largest absolute Gasteiger partial charge is 0.539 e. The fourth-order valence-corrected chi connectivity index (χ4v) is 1.40. The molecule has 88 valence electrons. The van der Waals surface area contributed by atoms with E-state index in [2.05, 4.69) is 9.79 Å². The highest BCUT2D eigenvalue weighted by Gasteiger charge is 2.20. The summed E-state index contributed by atoms with van der Waals surface area (Å²) in [5.41, 5.74) is 0.768. The molecule has 0 aliphatic rings. The van der Waals surface area contributed by atoms with E-state index < -0.39 is 11.9 Å². The van der Waals surface area contributed by atoms with Gasteiger partial charge in [0.2, 0.25) is 6.20 Å². The van der Waals surface area contributed by atoms with Crippen LogP contribution in [0, 0.1) is 0 Å². The summed E-state index contributed by atoms with van der Waals surface area (Å²) in [6.45, 7) is 2.00. The van der Waals surface area contributed by atoms with E-state index in [9.17, 15) is 9.90 Å². The van der Waals surface area contributed by atoms with Gasteiger partial charge in [0.15, 0.2) is 0 Å². The van der Waals surface area contributed by atoms with Gasteiger partial charge in [0.1, 0.15) is 11.5 Å². The van der Waals surface area contributed by atoms with Crippen LogP contribution in [0.4, 0.5) is 0 Å². The average molecular weight is 234 g/mol. The number of benzene rings is 1. The van der Waals surface area contributed by atoms with Crippen LogP contribution in [0.5, 0.6) is 5.95 Å². The van der Waals surface area contributed by atoms with Crippen molar-refractivity contribution in [3.63, 3.8) is 0 Å². The summed E-state index contributed by atoms with van der Waals surface area (Å²) in [5, 5.41) is 14.4. The number of para-hydroxylation sites is 1. The number of esters is 1. The molecule has 0 fully saturated rings. The normalized spacial score (nSPS) is 10.2. The molecular formula is C11H10N2O4. The Morgan fingerprint density at radius 1 is 1.53 bits per heavy atom. The van der Waals surface area contributed by atoms with E-state index in [1.54, 1.807) is 31.2 Å². The molecule has 0 saturated carbocycles. The van der Waals surface area contributed by atoms with Gasteiger partial charge in [0, 0.05) is 6.07 Å². The molecular weight excluding hydrogens is 224 g/mol. The Morgan fingerprint density at radius 2 is 2.29 bits per heavy atom. The number of nitrogens with zero attached hydrogens (tertiary/aromatic N) is 2. The van der Waals surface area contributed by atoms with E-state index in [1.807, 2.05) is 0 Å². The Kier molecular flexibility index (Phi) is 3.04. The first-order valence-electron chi connectivity index (χ1n) is 5.04. The molecule has 0 saturated heterocycles. The smallest absolute Gasteiger partial charge is 0.345 e. The average Bonchev–Trinajstić information content (AvgIpc) is 2.76. The number of hydrogen-bond acceptors (Lipinski definition) is 5. The minimum absolute atomic E-state index is 0.281. The van der Waals surface area contributed by atoms with Gasteiger partial charge in [0.05, 0.1) is 11.9 Å². The Balaban J connectivity index is 2.44. The van der Waals surface area contributed by atoms with Crippen molar-refractivity contribution in [3.8, 4) is 11.6 Å². The highest BCUT2D eigenvalue weighted by molar-refractivity contribution is 5.92. The number of hydrogen-bond donors (Lipinski definition) is 0. The molecule has 17 heavy (non-hydrogen) atoms. The standard InChI is InChI=1S/C11H10N2O4/c1-2-16-11(15)8-5-3-4-6-9(8)13-7-10(14)17-12-13/h3-7H,2H2,1H3. The Morgan fingerprint density at radius 3 is 2.94 bits per heavy atom. The fraction of sp³-hybridized carbons (Fsp3) is 0.182. The Hall–Kier alpha value is -2.37. The van der Waals surface area contributed by atoms with Crippen molar-refractivity contribution >= 4 is 5.97 Å². The third kappa shape index (κ3) is 2.25. The maximum atomic E-state index is 11.7. The van der Waals surface area contributed by atoms with E-state index in [0.29, 0.717) is 11.3 Å². The lowest BCUT2D eigenvalue weighted by Gasteiger charge is -2.01. The topological polar surface area (TPSA) is 79.3 Å². The predicted octanol–water partition coefficient (Wildman–Crippen LogP) is 0.202. The van der Waals surface area contributed by atoms with Crippen LogP contribution >= 0.6 is 0 Å². The van der Waals surface area contributed by atoms with Crippen molar-refractivity contribution < 1.29 is 23.8 Å². The van der Waals surface area contributed by atoms with Gasteiger partial charge in [0.25, 0.3) is 5.69 Å². The lowest BCUT2D eigenvalue weighted by Crippen LogP contribution is -2.34. The van der Waals surface area contributed by atoms with Crippen LogP contribution in [-0.4, -0.2) is 17.8 Å². The molecule has 0 amide bonds. The predicted molar refractivity (Wildman–Crippen MR) is 53.4 cm³/mol. The van der Waals surface area contributed by atoms with Crippen molar-refractivity contribution in [3.05, 3.63) is 36.0 Å². The highest BCUT2D eigenvalue weighted by Crippen LogP contribution is 2.10. The van der Waals surface area contributed by atoms with Gasteiger partial charge in [-0.3, -0.25) is 0 Å². The first-order chi connectivity index (χ1) is 8.22. The molecule has 1 aromatic heterocycles. The third-order valence-electron chi connectivity index (χ3n) is 2.09. The van der Waals surface area contributed by atoms with Crippen LogP contribution in [0.3, 0.4) is 0 Å². The molecule has 6 nitrogen and oxygen atoms in total. The number of aromatic nitrogens is 2. The number of ether oxygens (including phenoxy) is 1. The number of carbonyl (C=O) groups is 1. The van der Waals surface area contributed by atoms with Crippen molar-refractivity contribution in [2.45, 2.75) is 6.92 Å². The van der Waals surface area contributed by atoms with Crippen LogP contribution in [0.1, 0.15) is 17.3 Å². The third-order valence-corrected chi connectivity index (χ3v) is 2.09. The molecule has 0 aliphatic carbocycles. The van der Waals surface area contributed by atoms with Gasteiger partial charge in [-0.1, -0.05) is 12.1 Å². The molecule has 0 aliphatic heterocycles. The minimum atomic E-state index is -0.580. The molecule has 1 heterocycles. The zero-order valence-electron chi connectivity index (χ0n) is 9.12. The van der Waals surface area contributed by atoms with Crippen molar-refractivity contribution in [2.75, 3.05) is 6.61 Å². The fourth-order valence-electron chi connectivity index (χ4n) is 1.40. The van der Waals surface area contributed by atoms with Crippen LogP contribution in [0.2, 0.25) is 0 Å². The summed E-state index contributed by atoms with van der Waals surface area (Å²) in [7, 11) is 0. The van der Waals surface area contributed by atoms with E-state index in [4.69, 9.17) is 4.74 Å². The number of rotatable bonds is 3. The second-order valence-electron chi connectivity index (χ2n) is 3.20. The lowest BCUT2D eigenvalue weighted by atomic mass is 10.2. The summed E-state index contributed by atoms with van der Waals surface area (Å²) >= 11 is 0. The van der Waals surface area contributed by atoms with E-state index in [0.717, 1.165) is 6.20 Å². The molecule has 6 heteroatoms. The summed E-state index contributed by atoms with van der Waals surface area (Å²) in [6, 6.07) is 6.67. The maximum absolute atomic E-state index is 11.7. The second kappa shape index (κ2) is 4.65. The molecule has 0 radical (unpaired) electrons. The summed E-state index contributed by atoms with van der Waals surface area (Å²) in [4.78, 5) is 11.7. The molecule has 1 aromatic carbocycles. The lowest BCUT2D eigenvalue weighted by molar-refractivity contribution is -0.670. The molecule has 0 N–H and O–H groups in total. The van der Waals surface area contributed by atoms with Crippen LogP contribution in [0.25, 0.3) is 5.69 Å². The van der Waals surface area contributed by atoms with Gasteiger partial charge in [-0.2, -0.15) is 0 Å². The summed E-state index contributed by atoms with van der Waals surface area (Å²) in [5.74, 6) is -1.05. The molecule has 0 atom stereocenters. The van der Waals surface area contributed by atoms with Gasteiger partial charge >= 0.3 is 5.97 Å². The van der Waals surface area contributed by atoms with Crippen LogP contribution < -0.4 is 9.79 Å². The van der Waals surface area contributed by atoms with Crippen molar-refractivity contribution in [2.24, 2.45) is 0 Å². The first kappa shape index (κ1) is 11.1. The Bertz CT molecular complexity index is 536. The SMILES string of the molecule is CCOC(=O)c1ccccc1-[n+]1cc([O-])on1. The zero-order chi connectivity index (χ0) is 12.3. The van der Waals surface area contributed by atoms with E-state index in [1.165, 1.54) is 4.68 Å². The Labute approximate surface area is 97.0 Å². The van der Waals surface area contributed by atoms with Crippen LogP contribution in [-0.2, 0) is 4.74 Å². The summed E-state index contributed by atoms with van der Waals surface area (Å²) in [6.07, 6.45) is 1.15. The van der Waals surface area contributed by atoms with Gasteiger partial charge in [-0.25, -0.2) is 4.79 Å². The molecule has 2 rings (SSSR count). The second-order valence-corrected chi connectivity index (χ2v) is 3.20. The number of carbonyl (C=O) groups excluding carboxylic acids is 1. The zero-order valence-corrected chi connectivity index (χ0v) is 9.12. The van der Waals surface area contributed by atoms with Gasteiger partial charge < -0.3 is 14.4 Å². The molecule has 0 unspecified atom stereocenters. The van der Waals surface area contributed by atoms with Crippen molar-refractivity contribution in [1.82, 2.24) is 5.27 Å². The highest BCUT2D eigenvalue weighted by atomic mass is 16.6. The molecule has 2 aromatic rings. The van der Waals surface area contributed by atoms with Gasteiger partial charge in [-0.15, -0.1) is 0 Å². The summed E-state index contributed by atoms with van der Waals surface area (Å²) < 4.78 is 10.5. The van der Waals surface area contributed by atoms with E-state index in [-0.39, 0.29) is 6.61 Å². The van der Waals surface area contributed by atoms with Crippen LogP contribution in [0.15, 0.2) is 35.0 Å². The molecule has 0 bridgehead atoms. The van der Waals surface area contributed by atoms with Crippen molar-refractivity contribution in [1.29, 1.82) is 0 Å². The molecule has 0 spiro atoms. The maximum Gasteiger partial charge on any atom is 0.345 e. The first-order valence-corrected chi connectivity index (χ1v) is 5.04. The van der Waals surface area contributed by atoms with E-state index >= 15 is 0 Å². The van der Waals surface area contributed by atoms with Gasteiger partial charge in [-0.05, 0) is 17.7 Å². The minimum Gasteiger partial charge on any atom is -0.539 e.